The molecule has 0 saturated heterocycles. The Kier molecular flexibility index (Phi) is 9.21. The molecule has 0 aliphatic heterocycles. The van der Waals surface area contributed by atoms with Gasteiger partial charge in [0.25, 0.3) is 0 Å². The first-order chi connectivity index (χ1) is 18.0. The Bertz CT molecular complexity index is 1290. The standard InChI is InChI=1S/C31H38N2P2Si2Te/c1-36(2,3)32-34(27-19-11-7-12-20-27,28-21-13-8-14-22-28)31(38)35(33-37(4,5)6,29-23-15-9-16-24-29)30-25-17-10-18-26-30/h7-26H,1-6H3. The van der Waals surface area contributed by atoms with E-state index in [0.717, 1.165) is 0 Å². The third kappa shape index (κ3) is 6.26. The normalized spacial score (nSPS) is 12.6. The van der Waals surface area contributed by atoms with Crippen LogP contribution in [0.1, 0.15) is 0 Å². The van der Waals surface area contributed by atoms with Crippen LogP contribution in [0.4, 0.5) is 0 Å². The topological polar surface area (TPSA) is 24.7 Å². The van der Waals surface area contributed by atoms with E-state index in [1.54, 1.807) is 0 Å². The predicted octanol–water partition coefficient (Wildman–Crippen LogP) is 7.62. The van der Waals surface area contributed by atoms with Gasteiger partial charge in [-0.15, -0.1) is 0 Å². The number of hydrogen-bond donors (Lipinski definition) is 0. The number of benzene rings is 4. The van der Waals surface area contributed by atoms with Crippen LogP contribution in [-0.4, -0.2) is 41.3 Å². The summed E-state index contributed by atoms with van der Waals surface area (Å²) in [5, 5.41) is 5.32. The van der Waals surface area contributed by atoms with Crippen LogP contribution in [0.15, 0.2) is 130 Å². The number of hydrogen-bond acceptors (Lipinski definition) is 2. The molecule has 0 amide bonds. The molecule has 0 bridgehead atoms. The van der Waals surface area contributed by atoms with Crippen LogP contribution in [0.25, 0.3) is 0 Å². The van der Waals surface area contributed by atoms with Crippen molar-refractivity contribution in [1.29, 1.82) is 0 Å². The molecule has 4 aromatic rings. The molecule has 196 valence electrons. The van der Waals surface area contributed by atoms with Crippen LogP contribution in [0.3, 0.4) is 0 Å². The maximum atomic E-state index is 6.03. The average molecular weight is 684 g/mol. The minimum atomic E-state index is -2.37. The molecule has 0 aliphatic carbocycles. The zero-order valence-electron chi connectivity index (χ0n) is 23.2. The van der Waals surface area contributed by atoms with Crippen LogP contribution in [0.2, 0.25) is 39.3 Å². The van der Waals surface area contributed by atoms with Crippen LogP contribution < -0.4 is 21.2 Å². The Morgan fingerprint density at radius 2 is 0.658 bits per heavy atom. The average Bonchev–Trinajstić information content (AvgIpc) is 2.91. The number of rotatable bonds is 8. The first-order valence-corrected chi connectivity index (χ1v) is 24.6. The third-order valence-corrected chi connectivity index (χ3v) is 24.7. The van der Waals surface area contributed by atoms with E-state index in [-0.39, 0.29) is 0 Å². The molecular formula is C31H38N2P2Si2Te. The van der Waals surface area contributed by atoms with E-state index in [4.69, 9.17) is 8.82 Å². The van der Waals surface area contributed by atoms with Crippen molar-refractivity contribution in [1.82, 2.24) is 0 Å². The Morgan fingerprint density at radius 3 is 0.842 bits per heavy atom. The molecule has 4 aromatic carbocycles. The quantitative estimate of drug-likeness (QED) is 0.135. The van der Waals surface area contributed by atoms with Gasteiger partial charge in [0, 0.05) is 0 Å². The summed E-state index contributed by atoms with van der Waals surface area (Å²) in [7, 11) is -8.57. The Balaban J connectivity index is 2.29. The molecule has 0 radical (unpaired) electrons. The van der Waals surface area contributed by atoms with E-state index in [2.05, 4.69) is 182 Å². The van der Waals surface area contributed by atoms with Crippen molar-refractivity contribution in [3.8, 4) is 0 Å². The fraction of sp³-hybridized carbons (Fsp3) is 0.194. The number of nitrogens with zero attached hydrogens (tertiary/aromatic N) is 2. The van der Waals surface area contributed by atoms with Crippen molar-refractivity contribution >= 4 is 76.7 Å². The fourth-order valence-electron chi connectivity index (χ4n) is 4.74. The Morgan fingerprint density at radius 1 is 0.447 bits per heavy atom. The SMILES string of the molecule is C[Si](C)(C)N=P(C(=[Te])P(=N[Si](C)(C)C)(c1ccccc1)c1ccccc1)(c1ccccc1)c1ccccc1. The summed E-state index contributed by atoms with van der Waals surface area (Å²) in [6.07, 6.45) is 0. The molecule has 38 heavy (non-hydrogen) atoms. The Labute approximate surface area is 244 Å². The second kappa shape index (κ2) is 11.9. The molecule has 0 atom stereocenters. The van der Waals surface area contributed by atoms with Crippen molar-refractivity contribution in [2.75, 3.05) is 0 Å². The van der Waals surface area contributed by atoms with Gasteiger partial charge in [-0.05, 0) is 0 Å². The van der Waals surface area contributed by atoms with Crippen molar-refractivity contribution in [2.45, 2.75) is 39.3 Å². The molecule has 0 aliphatic rings. The van der Waals surface area contributed by atoms with Crippen molar-refractivity contribution in [3.63, 3.8) is 0 Å². The molecule has 0 saturated carbocycles. The van der Waals surface area contributed by atoms with Gasteiger partial charge in [0.2, 0.25) is 0 Å². The molecule has 0 spiro atoms. The summed E-state index contributed by atoms with van der Waals surface area (Å²) in [6, 6.07) is 44.5. The van der Waals surface area contributed by atoms with E-state index in [1.165, 1.54) is 24.3 Å². The zero-order valence-corrected chi connectivity index (χ0v) is 29.4. The summed E-state index contributed by atoms with van der Waals surface area (Å²) in [5.41, 5.74) is 0. The van der Waals surface area contributed by atoms with Gasteiger partial charge in [-0.25, -0.2) is 0 Å². The summed E-state index contributed by atoms with van der Waals surface area (Å²) in [5.74, 6) is 0. The van der Waals surface area contributed by atoms with Gasteiger partial charge in [-0.1, -0.05) is 0 Å². The molecule has 0 N–H and O–H groups in total. The van der Waals surface area contributed by atoms with Crippen molar-refractivity contribution in [2.24, 2.45) is 8.82 Å². The monoisotopic (exact) mass is 686 g/mol. The van der Waals surface area contributed by atoms with Crippen molar-refractivity contribution in [3.05, 3.63) is 121 Å². The molecule has 2 nitrogen and oxygen atoms in total. The van der Waals surface area contributed by atoms with Gasteiger partial charge in [-0.2, -0.15) is 0 Å². The van der Waals surface area contributed by atoms with Gasteiger partial charge in [0.05, 0.1) is 0 Å². The summed E-state index contributed by atoms with van der Waals surface area (Å²) in [6.45, 7) is 14.3. The molecule has 0 fully saturated rings. The minimum absolute atomic E-state index is 1.33. The molecule has 4 rings (SSSR count). The second-order valence-corrected chi connectivity index (χ2v) is 30.6. The van der Waals surface area contributed by atoms with E-state index in [1.807, 2.05) is 0 Å². The maximum absolute atomic E-state index is 6.03. The van der Waals surface area contributed by atoms with Gasteiger partial charge in [0.1, 0.15) is 0 Å². The van der Waals surface area contributed by atoms with E-state index in [9.17, 15) is 0 Å². The van der Waals surface area contributed by atoms with E-state index >= 15 is 0 Å². The van der Waals surface area contributed by atoms with Crippen LogP contribution >= 0.6 is 14.1 Å². The fourth-order valence-corrected chi connectivity index (χ4v) is 27.9. The molecule has 0 aromatic heterocycles. The molecule has 7 heteroatoms. The second-order valence-electron chi connectivity index (χ2n) is 11.4. The summed E-state index contributed by atoms with van der Waals surface area (Å²) in [4.78, 5) is 0. The van der Waals surface area contributed by atoms with Gasteiger partial charge < -0.3 is 0 Å². The summed E-state index contributed by atoms with van der Waals surface area (Å²) >= 11 is 2.30. The summed E-state index contributed by atoms with van der Waals surface area (Å²) < 4.78 is 13.5. The van der Waals surface area contributed by atoms with E-state index in [0.29, 0.717) is 0 Å². The predicted molar refractivity (Wildman–Crippen MR) is 180 cm³/mol. The van der Waals surface area contributed by atoms with Crippen molar-refractivity contribution < 1.29 is 0 Å². The molecule has 0 unspecified atom stereocenters. The van der Waals surface area contributed by atoms with E-state index < -0.39 is 30.6 Å². The van der Waals surface area contributed by atoms with Gasteiger partial charge in [-0.3, -0.25) is 0 Å². The van der Waals surface area contributed by atoms with Gasteiger partial charge in [0.15, 0.2) is 0 Å². The van der Waals surface area contributed by atoms with Crippen LogP contribution in [0, 0.1) is 0 Å². The third-order valence-electron chi connectivity index (χ3n) is 5.97. The van der Waals surface area contributed by atoms with Crippen LogP contribution in [0.5, 0.6) is 0 Å². The zero-order chi connectivity index (χ0) is 27.4. The Hall–Kier alpha value is -1.57. The molecule has 0 heterocycles. The first-order valence-electron chi connectivity index (χ1n) is 13.0. The first kappa shape index (κ1) is 29.4. The van der Waals surface area contributed by atoms with Gasteiger partial charge >= 0.3 is 246 Å². The van der Waals surface area contributed by atoms with Crippen LogP contribution in [-0.2, 0) is 0 Å². The molecular weight excluding hydrogens is 646 g/mol.